The number of fused-ring (bicyclic) bond motifs is 7. The van der Waals surface area contributed by atoms with Crippen molar-refractivity contribution >= 4 is 57.2 Å². The van der Waals surface area contributed by atoms with Crippen LogP contribution >= 0.6 is 0 Å². The maximum atomic E-state index is 7.78. The number of anilines is 5. The van der Waals surface area contributed by atoms with Crippen molar-refractivity contribution in [1.82, 2.24) is 0 Å². The third-order valence-corrected chi connectivity index (χ3v) is 19.6. The van der Waals surface area contributed by atoms with Crippen molar-refractivity contribution in [3.8, 4) is 0 Å². The standard InChI is InChI=1S/C73H90BN3O/c1-19-47-39-57-65(44-58(47)71(13,14)20-2)78-68-67(57)77(55-35-27-51(28-36-55)70(10,11)12)64-41-56(75(52-29-21-48(22-30-52)45(3)4)53-31-23-49(24-32-53)46(5)6)40-63-66(64)74(68)61-42-59-60(73(17,18)38-37-72(59,15)16)43-62(61)76(63)54-33-25-50(26-34-54)69(7,8)9/h21-23,25-36,39-46,49,63,66H,19-20,24,37-38H2,1-18H3. The molecule has 6 aromatic rings. The zero-order valence-corrected chi connectivity index (χ0v) is 50.9. The van der Waals surface area contributed by atoms with Gasteiger partial charge in [0.15, 0.2) is 0 Å². The minimum atomic E-state index is -0.0942. The van der Waals surface area contributed by atoms with Crippen LogP contribution in [0.3, 0.4) is 0 Å². The van der Waals surface area contributed by atoms with E-state index in [0.29, 0.717) is 17.8 Å². The first kappa shape index (κ1) is 54.0. The molecule has 3 aliphatic carbocycles. The Hall–Kier alpha value is -5.94. The number of benzene rings is 5. The van der Waals surface area contributed by atoms with Crippen LogP contribution in [0, 0.1) is 11.8 Å². The molecule has 0 fully saturated rings. The SMILES string of the molecule is CCc1cc2c3c(oc2cc1C(C)(C)CC)B1c2cc4c(cc2N(c2ccc(C(C)(C)C)cc2)C2C=C(N(C5=CCC(C(C)C)C=C5)c5ccc(C(C)C)cc5)C=C(C12)N3c1ccc(C(C)(C)C)cc1)C(C)(C)CCC4(C)C. The molecule has 1 aromatic heterocycles. The summed E-state index contributed by atoms with van der Waals surface area (Å²) in [5, 5.41) is 1.20. The maximum Gasteiger partial charge on any atom is 0.272 e. The molecule has 406 valence electrons. The molecule has 0 saturated carbocycles. The lowest BCUT2D eigenvalue weighted by Crippen LogP contribution is -2.63. The molecule has 0 N–H and O–H groups in total. The fourth-order valence-electron chi connectivity index (χ4n) is 13.9. The summed E-state index contributed by atoms with van der Waals surface area (Å²) in [6, 6.07) is 38.8. The molecule has 5 aromatic carbocycles. The Kier molecular flexibility index (Phi) is 13.2. The molecule has 5 aliphatic rings. The van der Waals surface area contributed by atoms with Gasteiger partial charge in [0.05, 0.1) is 17.4 Å². The van der Waals surface area contributed by atoms with Crippen LogP contribution in [0.4, 0.5) is 28.4 Å². The maximum absolute atomic E-state index is 7.78. The molecule has 5 heteroatoms. The Morgan fingerprint density at radius 2 is 1.32 bits per heavy atom. The minimum Gasteiger partial charge on any atom is -0.469 e. The first-order chi connectivity index (χ1) is 36.7. The number of nitrogens with zero attached hydrogens (tertiary/aromatic N) is 3. The van der Waals surface area contributed by atoms with E-state index in [4.69, 9.17) is 4.42 Å². The van der Waals surface area contributed by atoms with Crippen LogP contribution in [0.15, 0.2) is 149 Å². The van der Waals surface area contributed by atoms with Crippen LogP contribution in [-0.2, 0) is 33.5 Å². The van der Waals surface area contributed by atoms with E-state index < -0.39 is 0 Å². The second-order valence-electron chi connectivity index (χ2n) is 28.8. The van der Waals surface area contributed by atoms with Gasteiger partial charge in [-0.05, 0) is 194 Å². The average molecular weight is 1040 g/mol. The summed E-state index contributed by atoms with van der Waals surface area (Å²) in [4.78, 5) is 8.01. The van der Waals surface area contributed by atoms with Gasteiger partial charge >= 0.3 is 0 Å². The number of hydrogen-bond acceptors (Lipinski definition) is 4. The van der Waals surface area contributed by atoms with Crippen molar-refractivity contribution in [3.05, 3.63) is 183 Å². The third-order valence-electron chi connectivity index (χ3n) is 19.6. The van der Waals surface area contributed by atoms with Gasteiger partial charge in [-0.25, -0.2) is 0 Å². The van der Waals surface area contributed by atoms with Crippen molar-refractivity contribution in [2.75, 3.05) is 14.7 Å². The lowest BCUT2D eigenvalue weighted by molar-refractivity contribution is 0.332. The van der Waals surface area contributed by atoms with Gasteiger partial charge in [-0.3, -0.25) is 0 Å². The van der Waals surface area contributed by atoms with Gasteiger partial charge in [-0.15, -0.1) is 0 Å². The second kappa shape index (κ2) is 19.1. The summed E-state index contributed by atoms with van der Waals surface area (Å²) in [6.07, 6.45) is 18.0. The number of furan rings is 1. The molecule has 78 heavy (non-hydrogen) atoms. The van der Waals surface area contributed by atoms with E-state index in [1.54, 1.807) is 0 Å². The van der Waals surface area contributed by atoms with Crippen LogP contribution in [-0.4, -0.2) is 12.8 Å². The summed E-state index contributed by atoms with van der Waals surface area (Å²) >= 11 is 0. The van der Waals surface area contributed by atoms with Crippen LogP contribution in [0.25, 0.3) is 11.0 Å². The fourth-order valence-corrected chi connectivity index (χ4v) is 13.9. The number of allylic oxidation sites excluding steroid dienone is 4. The summed E-state index contributed by atoms with van der Waals surface area (Å²) in [6.45, 7) is 42.6. The van der Waals surface area contributed by atoms with E-state index in [2.05, 4.69) is 267 Å². The van der Waals surface area contributed by atoms with E-state index in [0.717, 1.165) is 49.0 Å². The first-order valence-electron chi connectivity index (χ1n) is 30.0. The van der Waals surface area contributed by atoms with E-state index in [-0.39, 0.29) is 45.6 Å². The molecule has 0 spiro atoms. The van der Waals surface area contributed by atoms with Crippen molar-refractivity contribution in [2.45, 2.75) is 202 Å². The van der Waals surface area contributed by atoms with Crippen LogP contribution in [0.2, 0.25) is 5.82 Å². The van der Waals surface area contributed by atoms with E-state index in [1.165, 1.54) is 89.6 Å². The molecule has 3 unspecified atom stereocenters. The molecule has 0 amide bonds. The molecule has 4 nitrogen and oxygen atoms in total. The van der Waals surface area contributed by atoms with Crippen LogP contribution < -0.4 is 25.8 Å². The number of aryl methyl sites for hydroxylation is 1. The third kappa shape index (κ3) is 9.06. The molecular formula is C73H90BN3O. The van der Waals surface area contributed by atoms with Crippen molar-refractivity contribution in [3.63, 3.8) is 0 Å². The highest BCUT2D eigenvalue weighted by Gasteiger charge is 2.56. The fraction of sp³-hybridized carbons (Fsp3) is 0.452. The molecule has 11 rings (SSSR count). The highest BCUT2D eigenvalue weighted by molar-refractivity contribution is 6.89. The predicted molar refractivity (Wildman–Crippen MR) is 337 cm³/mol. The normalized spacial score (nSPS) is 20.5. The van der Waals surface area contributed by atoms with Gasteiger partial charge in [0.1, 0.15) is 5.58 Å². The van der Waals surface area contributed by atoms with Crippen molar-refractivity contribution in [2.24, 2.45) is 11.8 Å². The quantitative estimate of drug-likeness (QED) is 0.128. The Morgan fingerprint density at radius 1 is 0.718 bits per heavy atom. The zero-order chi connectivity index (χ0) is 55.8. The number of hydrogen-bond donors (Lipinski definition) is 0. The van der Waals surface area contributed by atoms with E-state index >= 15 is 0 Å². The highest BCUT2D eigenvalue weighted by atomic mass is 16.3. The summed E-state index contributed by atoms with van der Waals surface area (Å²) in [5.74, 6) is 1.48. The largest absolute Gasteiger partial charge is 0.469 e. The number of rotatable bonds is 10. The summed E-state index contributed by atoms with van der Waals surface area (Å²) in [7, 11) is 0. The van der Waals surface area contributed by atoms with E-state index in [1.807, 2.05) is 0 Å². The molecule has 2 aliphatic heterocycles. The lowest BCUT2D eigenvalue weighted by Gasteiger charge is -2.53. The van der Waals surface area contributed by atoms with Crippen molar-refractivity contribution in [1.29, 1.82) is 0 Å². The summed E-state index contributed by atoms with van der Waals surface area (Å²) < 4.78 is 7.78. The molecule has 0 saturated heterocycles. The van der Waals surface area contributed by atoms with Crippen LogP contribution in [0.5, 0.6) is 0 Å². The smallest absolute Gasteiger partial charge is 0.272 e. The molecular weight excluding hydrogens is 946 g/mol. The van der Waals surface area contributed by atoms with Gasteiger partial charge < -0.3 is 19.1 Å². The zero-order valence-electron chi connectivity index (χ0n) is 50.9. The minimum absolute atomic E-state index is 0.00166. The monoisotopic (exact) mass is 1040 g/mol. The van der Waals surface area contributed by atoms with E-state index in [9.17, 15) is 0 Å². The first-order valence-corrected chi connectivity index (χ1v) is 30.0. The Balaban J connectivity index is 1.28. The Morgan fingerprint density at radius 3 is 1.86 bits per heavy atom. The average Bonchev–Trinajstić information content (AvgIpc) is 3.55. The molecule has 0 bridgehead atoms. The molecule has 3 atom stereocenters. The Bertz CT molecular complexity index is 3410. The van der Waals surface area contributed by atoms with Gasteiger partial charge in [-0.2, -0.15) is 0 Å². The highest BCUT2D eigenvalue weighted by Crippen LogP contribution is 2.56. The topological polar surface area (TPSA) is 22.9 Å². The predicted octanol–water partition coefficient (Wildman–Crippen LogP) is 18.8. The second-order valence-corrected chi connectivity index (χ2v) is 28.8. The molecule has 0 radical (unpaired) electrons. The summed E-state index contributed by atoms with van der Waals surface area (Å²) in [5.41, 5.74) is 23.0. The van der Waals surface area contributed by atoms with Gasteiger partial charge in [0, 0.05) is 51.0 Å². The van der Waals surface area contributed by atoms with Crippen molar-refractivity contribution < 1.29 is 4.42 Å². The van der Waals surface area contributed by atoms with Gasteiger partial charge in [0.2, 0.25) is 0 Å². The van der Waals surface area contributed by atoms with Gasteiger partial charge in [-0.1, -0.05) is 179 Å². The lowest BCUT2D eigenvalue weighted by atomic mass is 9.30. The van der Waals surface area contributed by atoms with Crippen LogP contribution in [0.1, 0.15) is 195 Å². The molecule has 3 heterocycles. The Labute approximate surface area is 470 Å². The van der Waals surface area contributed by atoms with Gasteiger partial charge in [0.25, 0.3) is 6.71 Å².